The summed E-state index contributed by atoms with van der Waals surface area (Å²) in [5.74, 6) is 3.15. The minimum atomic E-state index is -3.72. The van der Waals surface area contributed by atoms with Gasteiger partial charge >= 0.3 is 0 Å². The Kier molecular flexibility index (Phi) is 5.46. The summed E-state index contributed by atoms with van der Waals surface area (Å²) >= 11 is 0. The Balaban J connectivity index is 2.51. The third kappa shape index (κ3) is 4.14. The molecule has 0 fully saturated rings. The molecule has 0 bridgehead atoms. The Labute approximate surface area is 139 Å². The molecule has 0 radical (unpaired) electrons. The number of hydrogen-bond donors (Lipinski definition) is 0. The minimum Gasteiger partial charge on any atom is -0.200 e. The molecule has 23 heavy (non-hydrogen) atoms. The minimum absolute atomic E-state index is 0.134. The maximum atomic E-state index is 13.0. The topological polar surface area (TPSA) is 37.4 Å². The van der Waals surface area contributed by atoms with Gasteiger partial charge in [-0.25, -0.2) is 8.42 Å². The molecule has 0 aliphatic carbocycles. The summed E-state index contributed by atoms with van der Waals surface area (Å²) in [7, 11) is -3.72. The fraction of sp³-hybridized carbons (Fsp3) is 0.263. The van der Waals surface area contributed by atoms with E-state index in [1.54, 1.807) is 48.5 Å². The summed E-state index contributed by atoms with van der Waals surface area (Å²) < 4.78 is 27.1. The summed E-state index contributed by atoms with van der Waals surface area (Å²) in [6.07, 6.45) is 0.875. The second kappa shape index (κ2) is 7.34. The first-order chi connectivity index (χ1) is 10.9. The highest BCUT2D eigenvalue weighted by Crippen LogP contribution is 2.23. The summed E-state index contributed by atoms with van der Waals surface area (Å²) in [6.45, 7) is 5.93. The van der Waals surface area contributed by atoms with Crippen LogP contribution < -0.4 is 4.31 Å². The van der Waals surface area contributed by atoms with E-state index in [-0.39, 0.29) is 10.8 Å². The van der Waals surface area contributed by atoms with Crippen molar-refractivity contribution in [1.29, 1.82) is 0 Å². The van der Waals surface area contributed by atoms with Crippen LogP contribution in [0.1, 0.15) is 25.8 Å². The van der Waals surface area contributed by atoms with Gasteiger partial charge < -0.3 is 0 Å². The largest absolute Gasteiger partial charge is 0.275 e. The summed E-state index contributed by atoms with van der Waals surface area (Å²) in [4.78, 5) is 0.241. The molecule has 0 aromatic heterocycles. The molecule has 2 aromatic carbocycles. The van der Waals surface area contributed by atoms with Gasteiger partial charge in [0.05, 0.1) is 10.6 Å². The first-order valence-electron chi connectivity index (χ1n) is 7.63. The van der Waals surface area contributed by atoms with Gasteiger partial charge in [0.2, 0.25) is 0 Å². The number of para-hydroxylation sites is 1. The number of aryl methyl sites for hydroxylation is 1. The van der Waals surface area contributed by atoms with Crippen molar-refractivity contribution in [3.05, 3.63) is 60.2 Å². The van der Waals surface area contributed by atoms with E-state index >= 15 is 0 Å². The van der Waals surface area contributed by atoms with E-state index in [0.717, 1.165) is 12.0 Å². The zero-order valence-corrected chi connectivity index (χ0v) is 14.5. The van der Waals surface area contributed by atoms with Crippen molar-refractivity contribution in [2.24, 2.45) is 5.92 Å². The van der Waals surface area contributed by atoms with Crippen LogP contribution in [0.15, 0.2) is 59.5 Å². The predicted octanol–water partition coefficient (Wildman–Crippen LogP) is 4.20. The zero-order valence-electron chi connectivity index (χ0n) is 13.7. The van der Waals surface area contributed by atoms with Crippen LogP contribution in [0.2, 0.25) is 0 Å². The molecular weight excluding hydrogens is 306 g/mol. The first-order valence-corrected chi connectivity index (χ1v) is 9.07. The Morgan fingerprint density at radius 3 is 2.22 bits per heavy atom. The molecule has 0 amide bonds. The third-order valence-corrected chi connectivity index (χ3v) is 5.23. The average molecular weight is 327 g/mol. The monoisotopic (exact) mass is 327 g/mol. The van der Waals surface area contributed by atoms with Gasteiger partial charge in [-0.05, 0) is 37.6 Å². The van der Waals surface area contributed by atoms with Gasteiger partial charge in [-0.1, -0.05) is 55.7 Å². The van der Waals surface area contributed by atoms with Crippen molar-refractivity contribution in [3.8, 4) is 12.0 Å². The number of sulfonamides is 1. The standard InChI is InChI=1S/C19H21NO2S/c1-4-16(2)14-15-20(18-8-6-5-7-9-18)23(21,22)19-12-10-17(3)11-13-19/h5-13,16H,4H2,1-3H3. The van der Waals surface area contributed by atoms with Crippen molar-refractivity contribution in [3.63, 3.8) is 0 Å². The molecule has 2 rings (SSSR count). The number of benzene rings is 2. The van der Waals surface area contributed by atoms with E-state index in [1.807, 2.05) is 26.8 Å². The molecule has 0 heterocycles. The fourth-order valence-electron chi connectivity index (χ4n) is 1.91. The number of hydrogen-bond acceptors (Lipinski definition) is 2. The normalized spacial score (nSPS) is 12.1. The van der Waals surface area contributed by atoms with Crippen LogP contribution in [0, 0.1) is 24.8 Å². The Morgan fingerprint density at radius 1 is 1.04 bits per heavy atom. The number of rotatable bonds is 4. The highest BCUT2D eigenvalue weighted by atomic mass is 32.2. The van der Waals surface area contributed by atoms with Gasteiger partial charge in [0.15, 0.2) is 0 Å². The maximum absolute atomic E-state index is 13.0. The van der Waals surface area contributed by atoms with Gasteiger partial charge in [0.1, 0.15) is 0 Å². The Hall–Kier alpha value is -2.25. The molecule has 0 saturated carbocycles. The highest BCUT2D eigenvalue weighted by Gasteiger charge is 2.23. The van der Waals surface area contributed by atoms with E-state index in [1.165, 1.54) is 4.31 Å². The molecule has 3 nitrogen and oxygen atoms in total. The quantitative estimate of drug-likeness (QED) is 0.623. The average Bonchev–Trinajstić information content (AvgIpc) is 2.56. The second-order valence-corrected chi connectivity index (χ2v) is 7.27. The van der Waals surface area contributed by atoms with Crippen LogP contribution in [-0.2, 0) is 10.0 Å². The lowest BCUT2D eigenvalue weighted by atomic mass is 10.1. The molecule has 120 valence electrons. The van der Waals surface area contributed by atoms with E-state index in [4.69, 9.17) is 0 Å². The van der Waals surface area contributed by atoms with Gasteiger partial charge in [-0.3, -0.25) is 0 Å². The van der Waals surface area contributed by atoms with Crippen molar-refractivity contribution < 1.29 is 8.42 Å². The maximum Gasteiger partial charge on any atom is 0.275 e. The smallest absolute Gasteiger partial charge is 0.200 e. The van der Waals surface area contributed by atoms with E-state index < -0.39 is 10.0 Å². The summed E-state index contributed by atoms with van der Waals surface area (Å²) in [5, 5.41) is 0. The molecule has 0 spiro atoms. The van der Waals surface area contributed by atoms with Gasteiger partial charge in [-0.15, -0.1) is 0 Å². The SMILES string of the molecule is CCC(C)C#CN(c1ccccc1)S(=O)(=O)c1ccc(C)cc1. The molecule has 0 saturated heterocycles. The van der Waals surface area contributed by atoms with Crippen molar-refractivity contribution in [2.75, 3.05) is 4.31 Å². The Morgan fingerprint density at radius 2 is 1.65 bits per heavy atom. The van der Waals surface area contributed by atoms with Gasteiger partial charge in [0.25, 0.3) is 10.0 Å². The van der Waals surface area contributed by atoms with Crippen molar-refractivity contribution >= 4 is 15.7 Å². The molecule has 1 atom stereocenters. The summed E-state index contributed by atoms with van der Waals surface area (Å²) in [5.41, 5.74) is 1.56. The lowest BCUT2D eigenvalue weighted by Crippen LogP contribution is -2.26. The van der Waals surface area contributed by atoms with E-state index in [0.29, 0.717) is 5.69 Å². The number of anilines is 1. The Bertz CT molecular complexity index is 800. The van der Waals surface area contributed by atoms with E-state index in [9.17, 15) is 8.42 Å². The van der Waals surface area contributed by atoms with E-state index in [2.05, 4.69) is 12.0 Å². The van der Waals surface area contributed by atoms with Crippen LogP contribution in [0.5, 0.6) is 0 Å². The lowest BCUT2D eigenvalue weighted by molar-refractivity contribution is 0.596. The van der Waals surface area contributed by atoms with Crippen LogP contribution in [0.25, 0.3) is 0 Å². The lowest BCUT2D eigenvalue weighted by Gasteiger charge is -2.18. The van der Waals surface area contributed by atoms with Gasteiger partial charge in [0, 0.05) is 12.0 Å². The molecule has 0 aliphatic rings. The van der Waals surface area contributed by atoms with Crippen LogP contribution in [0.3, 0.4) is 0 Å². The van der Waals surface area contributed by atoms with Crippen molar-refractivity contribution in [2.45, 2.75) is 32.1 Å². The highest BCUT2D eigenvalue weighted by molar-refractivity contribution is 7.93. The fourth-order valence-corrected chi connectivity index (χ4v) is 3.18. The molecule has 0 aliphatic heterocycles. The zero-order chi connectivity index (χ0) is 16.9. The molecular formula is C19H21NO2S. The molecule has 4 heteroatoms. The first kappa shape index (κ1) is 17.1. The third-order valence-electron chi connectivity index (χ3n) is 3.57. The van der Waals surface area contributed by atoms with Gasteiger partial charge in [-0.2, -0.15) is 4.31 Å². The van der Waals surface area contributed by atoms with Crippen molar-refractivity contribution in [1.82, 2.24) is 0 Å². The predicted molar refractivity (Wildman–Crippen MR) is 94.5 cm³/mol. The van der Waals surface area contributed by atoms with Crippen LogP contribution >= 0.6 is 0 Å². The molecule has 0 N–H and O–H groups in total. The van der Waals surface area contributed by atoms with Crippen LogP contribution in [-0.4, -0.2) is 8.42 Å². The molecule has 1 unspecified atom stereocenters. The summed E-state index contributed by atoms with van der Waals surface area (Å²) in [6, 6.07) is 18.6. The molecule has 2 aromatic rings. The van der Waals surface area contributed by atoms with Crippen LogP contribution in [0.4, 0.5) is 5.69 Å². The number of nitrogens with zero attached hydrogens (tertiary/aromatic N) is 1. The second-order valence-electron chi connectivity index (χ2n) is 5.48.